The van der Waals surface area contributed by atoms with Crippen LogP contribution in [0.2, 0.25) is 5.02 Å². The van der Waals surface area contributed by atoms with E-state index in [1.165, 1.54) is 18.3 Å². The number of hydrogen-bond acceptors (Lipinski definition) is 3. The number of hydrogen-bond donors (Lipinski definition) is 0. The minimum absolute atomic E-state index is 0.110. The second-order valence-corrected chi connectivity index (χ2v) is 5.09. The van der Waals surface area contributed by atoms with Crippen LogP contribution in [0.3, 0.4) is 0 Å². The minimum Gasteiger partial charge on any atom is -0.489 e. The normalized spacial score (nSPS) is 13.5. The lowest BCUT2D eigenvalue weighted by Gasteiger charge is -2.29. The molecule has 3 rings (SSSR count). The van der Waals surface area contributed by atoms with Gasteiger partial charge in [-0.25, -0.2) is 4.39 Å². The van der Waals surface area contributed by atoms with Crippen molar-refractivity contribution in [2.24, 2.45) is 0 Å². The average molecular weight is 307 g/mol. The fourth-order valence-corrected chi connectivity index (χ4v) is 2.33. The van der Waals surface area contributed by atoms with Crippen molar-refractivity contribution in [1.82, 2.24) is 4.98 Å². The summed E-state index contributed by atoms with van der Waals surface area (Å²) in [7, 11) is 0. The van der Waals surface area contributed by atoms with E-state index in [9.17, 15) is 9.18 Å². The molecule has 1 aromatic heterocycles. The van der Waals surface area contributed by atoms with Gasteiger partial charge < -0.3 is 9.64 Å². The third-order valence-corrected chi connectivity index (χ3v) is 3.43. The van der Waals surface area contributed by atoms with Crippen LogP contribution >= 0.6 is 11.6 Å². The first kappa shape index (κ1) is 13.8. The number of benzene rings is 1. The first-order chi connectivity index (χ1) is 10.1. The molecule has 2 heterocycles. The average Bonchev–Trinajstić information content (AvgIpc) is 2.48. The molecule has 1 aliphatic rings. The Morgan fingerprint density at radius 1 is 1.38 bits per heavy atom. The van der Waals surface area contributed by atoms with Gasteiger partial charge in [0.25, 0.3) is 0 Å². The number of anilines is 1. The van der Waals surface area contributed by atoms with E-state index in [-0.39, 0.29) is 18.1 Å². The van der Waals surface area contributed by atoms with Crippen molar-refractivity contribution in [1.29, 1.82) is 0 Å². The predicted octanol–water partition coefficient (Wildman–Crippen LogP) is 2.84. The number of pyridine rings is 1. The van der Waals surface area contributed by atoms with E-state index in [0.29, 0.717) is 35.3 Å². The Morgan fingerprint density at radius 2 is 2.24 bits per heavy atom. The molecule has 0 spiro atoms. The Kier molecular flexibility index (Phi) is 3.75. The van der Waals surface area contributed by atoms with Gasteiger partial charge in [0.2, 0.25) is 5.91 Å². The van der Waals surface area contributed by atoms with Gasteiger partial charge in [-0.05, 0) is 24.3 Å². The summed E-state index contributed by atoms with van der Waals surface area (Å²) in [6.45, 7) is 0.779. The lowest BCUT2D eigenvalue weighted by molar-refractivity contribution is -0.118. The third-order valence-electron chi connectivity index (χ3n) is 3.21. The monoisotopic (exact) mass is 306 g/mol. The number of ether oxygens (including phenoxy) is 1. The minimum atomic E-state index is -0.387. The van der Waals surface area contributed by atoms with Crippen LogP contribution in [0.1, 0.15) is 5.69 Å². The van der Waals surface area contributed by atoms with Crippen molar-refractivity contribution in [2.45, 2.75) is 6.42 Å². The molecule has 0 saturated heterocycles. The van der Waals surface area contributed by atoms with Crippen LogP contribution in [0.4, 0.5) is 10.1 Å². The van der Waals surface area contributed by atoms with E-state index < -0.39 is 0 Å². The van der Waals surface area contributed by atoms with Crippen molar-refractivity contribution in [2.75, 3.05) is 18.1 Å². The number of nitrogens with zero attached hydrogens (tertiary/aromatic N) is 2. The van der Waals surface area contributed by atoms with E-state index in [2.05, 4.69) is 4.98 Å². The number of fused-ring (bicyclic) bond motifs is 1. The zero-order valence-electron chi connectivity index (χ0n) is 11.1. The summed E-state index contributed by atoms with van der Waals surface area (Å²) in [6, 6.07) is 7.56. The summed E-state index contributed by atoms with van der Waals surface area (Å²) < 4.78 is 18.6. The number of aromatic nitrogens is 1. The summed E-state index contributed by atoms with van der Waals surface area (Å²) in [5.74, 6) is -0.109. The van der Waals surface area contributed by atoms with Gasteiger partial charge in [-0.3, -0.25) is 9.78 Å². The highest BCUT2D eigenvalue weighted by Gasteiger charge is 2.24. The Bertz CT molecular complexity index is 676. The summed E-state index contributed by atoms with van der Waals surface area (Å²) in [6.07, 6.45) is 1.67. The Labute approximate surface area is 126 Å². The van der Waals surface area contributed by atoms with Gasteiger partial charge in [-0.2, -0.15) is 0 Å². The molecule has 2 aromatic rings. The molecule has 0 fully saturated rings. The molecule has 0 saturated carbocycles. The highest BCUT2D eigenvalue weighted by Crippen LogP contribution is 2.32. The maximum atomic E-state index is 13.2. The van der Waals surface area contributed by atoms with Crippen LogP contribution < -0.4 is 9.64 Å². The van der Waals surface area contributed by atoms with Gasteiger partial charge in [0.1, 0.15) is 18.2 Å². The van der Waals surface area contributed by atoms with Gasteiger partial charge in [-0.15, -0.1) is 0 Å². The first-order valence-corrected chi connectivity index (χ1v) is 6.84. The van der Waals surface area contributed by atoms with E-state index in [0.717, 1.165) is 0 Å². The quantitative estimate of drug-likeness (QED) is 0.857. The smallest absolute Gasteiger partial charge is 0.233 e. The molecule has 108 valence electrons. The van der Waals surface area contributed by atoms with Crippen molar-refractivity contribution in [3.63, 3.8) is 0 Å². The molecule has 1 aliphatic heterocycles. The van der Waals surface area contributed by atoms with Crippen LogP contribution in [-0.2, 0) is 11.2 Å². The molecule has 4 nitrogen and oxygen atoms in total. The van der Waals surface area contributed by atoms with Crippen LogP contribution in [0.25, 0.3) is 0 Å². The standard InChI is InChI=1S/C15H12ClFN2O2/c16-10-1-3-12(18-9-10)8-15(20)19-5-6-21-14-7-11(17)2-4-13(14)19/h1-4,7,9H,5-6,8H2. The maximum Gasteiger partial charge on any atom is 0.233 e. The first-order valence-electron chi connectivity index (χ1n) is 6.46. The number of rotatable bonds is 2. The topological polar surface area (TPSA) is 42.4 Å². The van der Waals surface area contributed by atoms with E-state index in [1.807, 2.05) is 0 Å². The van der Waals surface area contributed by atoms with Gasteiger partial charge in [0, 0.05) is 18.0 Å². The Hall–Kier alpha value is -2.14. The molecule has 1 aromatic carbocycles. The van der Waals surface area contributed by atoms with Crippen molar-refractivity contribution in [3.8, 4) is 5.75 Å². The van der Waals surface area contributed by atoms with Gasteiger partial charge in [0.05, 0.1) is 23.7 Å². The molecule has 0 N–H and O–H groups in total. The number of halogens is 2. The number of carbonyl (C=O) groups is 1. The molecule has 1 amide bonds. The largest absolute Gasteiger partial charge is 0.489 e. The summed E-state index contributed by atoms with van der Waals surface area (Å²) >= 11 is 5.77. The van der Waals surface area contributed by atoms with Crippen molar-refractivity contribution >= 4 is 23.2 Å². The summed E-state index contributed by atoms with van der Waals surface area (Å²) in [4.78, 5) is 18.1. The molecule has 6 heteroatoms. The van der Waals surface area contributed by atoms with Crippen molar-refractivity contribution < 1.29 is 13.9 Å². The van der Waals surface area contributed by atoms with Crippen LogP contribution in [0.15, 0.2) is 36.5 Å². The summed E-state index contributed by atoms with van der Waals surface area (Å²) in [5.41, 5.74) is 1.22. The van der Waals surface area contributed by atoms with Gasteiger partial charge >= 0.3 is 0 Å². The molecule has 0 unspecified atom stereocenters. The van der Waals surface area contributed by atoms with E-state index in [1.54, 1.807) is 23.1 Å². The lowest BCUT2D eigenvalue weighted by Crippen LogP contribution is -2.39. The molecule has 0 radical (unpaired) electrons. The third kappa shape index (κ3) is 2.97. The molecule has 21 heavy (non-hydrogen) atoms. The molecule has 0 bridgehead atoms. The van der Waals surface area contributed by atoms with E-state index >= 15 is 0 Å². The zero-order chi connectivity index (χ0) is 14.8. The fraction of sp³-hybridized carbons (Fsp3) is 0.200. The number of amides is 1. The number of carbonyl (C=O) groups excluding carboxylic acids is 1. The highest BCUT2D eigenvalue weighted by atomic mass is 35.5. The molecular weight excluding hydrogens is 295 g/mol. The second kappa shape index (κ2) is 5.69. The molecule has 0 aliphatic carbocycles. The maximum absolute atomic E-state index is 13.2. The van der Waals surface area contributed by atoms with E-state index in [4.69, 9.17) is 16.3 Å². The van der Waals surface area contributed by atoms with Crippen molar-refractivity contribution in [3.05, 3.63) is 53.1 Å². The SMILES string of the molecule is O=C(Cc1ccc(Cl)cn1)N1CCOc2cc(F)ccc21. The Balaban J connectivity index is 1.81. The van der Waals surface area contributed by atoms with Crippen LogP contribution in [0.5, 0.6) is 5.75 Å². The molecule has 0 atom stereocenters. The lowest BCUT2D eigenvalue weighted by atomic mass is 10.2. The second-order valence-electron chi connectivity index (χ2n) is 4.65. The van der Waals surface area contributed by atoms with Crippen LogP contribution in [-0.4, -0.2) is 24.0 Å². The highest BCUT2D eigenvalue weighted by molar-refractivity contribution is 6.30. The fourth-order valence-electron chi connectivity index (χ4n) is 2.21. The molecular formula is C15H12ClFN2O2. The predicted molar refractivity (Wildman–Crippen MR) is 77.2 cm³/mol. The summed E-state index contributed by atoms with van der Waals surface area (Å²) in [5, 5.41) is 0.526. The van der Waals surface area contributed by atoms with Crippen LogP contribution in [0, 0.1) is 5.82 Å². The zero-order valence-corrected chi connectivity index (χ0v) is 11.8. The van der Waals surface area contributed by atoms with Gasteiger partial charge in [0.15, 0.2) is 0 Å². The Morgan fingerprint density at radius 3 is 3.00 bits per heavy atom. The van der Waals surface area contributed by atoms with Gasteiger partial charge in [-0.1, -0.05) is 11.6 Å².